The number of halogens is 2. The van der Waals surface area contributed by atoms with Crippen molar-refractivity contribution in [2.45, 2.75) is 70.7 Å². The molecular formula is C36H35Br2NO5S. The molecule has 0 N–H and O–H groups in total. The van der Waals surface area contributed by atoms with E-state index in [1.54, 1.807) is 30.3 Å². The van der Waals surface area contributed by atoms with Crippen molar-refractivity contribution in [3.63, 3.8) is 0 Å². The Morgan fingerprint density at radius 2 is 1.29 bits per heavy atom. The number of Topliss-reactive ketones (excluding diaryl/α,β-unsaturated/α-hetero) is 2. The molecule has 1 aliphatic heterocycles. The van der Waals surface area contributed by atoms with Crippen molar-refractivity contribution in [2.24, 2.45) is 10.8 Å². The monoisotopic (exact) mass is 751 g/mol. The summed E-state index contributed by atoms with van der Waals surface area (Å²) in [6, 6.07) is 21.5. The van der Waals surface area contributed by atoms with Crippen molar-refractivity contribution >= 4 is 53.5 Å². The number of allylic oxidation sites excluding steroid dienone is 4. The lowest BCUT2D eigenvalue weighted by Crippen LogP contribution is -2.44. The summed E-state index contributed by atoms with van der Waals surface area (Å²) in [4.78, 5) is 30.9. The topological polar surface area (TPSA) is 80.8 Å². The van der Waals surface area contributed by atoms with Gasteiger partial charge in [-0.25, -0.2) is 0 Å². The van der Waals surface area contributed by atoms with Crippen LogP contribution in [0.5, 0.6) is 5.75 Å². The molecule has 0 saturated heterocycles. The largest absolute Gasteiger partial charge is 0.377 e. The van der Waals surface area contributed by atoms with Crippen LogP contribution < -0.4 is 4.18 Å². The minimum absolute atomic E-state index is 0.00856. The maximum Gasteiger partial charge on any atom is 0.339 e. The molecule has 45 heavy (non-hydrogen) atoms. The van der Waals surface area contributed by atoms with Crippen LogP contribution in [0.2, 0.25) is 0 Å². The molecular weight excluding hydrogens is 718 g/mol. The Hall–Kier alpha value is -3.01. The third-order valence-corrected chi connectivity index (χ3v) is 11.1. The molecule has 6 rings (SSSR count). The van der Waals surface area contributed by atoms with Crippen LogP contribution in [-0.4, -0.2) is 24.9 Å². The Kier molecular flexibility index (Phi) is 8.28. The summed E-state index contributed by atoms with van der Waals surface area (Å²) >= 11 is 7.15. The molecule has 3 aromatic carbocycles. The van der Waals surface area contributed by atoms with Crippen molar-refractivity contribution in [3.8, 4) is 5.75 Å². The van der Waals surface area contributed by atoms with Gasteiger partial charge in [0.1, 0.15) is 4.90 Å². The number of rotatable bonds is 6. The molecule has 1 heterocycles. The average Bonchev–Trinajstić information content (AvgIpc) is 2.95. The normalized spacial score (nSPS) is 19.8. The van der Waals surface area contributed by atoms with Gasteiger partial charge in [-0.2, -0.15) is 8.42 Å². The van der Waals surface area contributed by atoms with Gasteiger partial charge in [0.25, 0.3) is 0 Å². The highest BCUT2D eigenvalue weighted by Gasteiger charge is 2.50. The first-order chi connectivity index (χ1) is 21.2. The Balaban J connectivity index is 1.62. The summed E-state index contributed by atoms with van der Waals surface area (Å²) in [5.41, 5.74) is 3.81. The van der Waals surface area contributed by atoms with E-state index >= 15 is 0 Å². The average molecular weight is 754 g/mol. The van der Waals surface area contributed by atoms with Crippen LogP contribution >= 0.6 is 31.9 Å². The van der Waals surface area contributed by atoms with Gasteiger partial charge in [0, 0.05) is 57.9 Å². The van der Waals surface area contributed by atoms with E-state index in [0.29, 0.717) is 57.9 Å². The van der Waals surface area contributed by atoms with Crippen molar-refractivity contribution in [1.82, 2.24) is 4.90 Å². The summed E-state index contributed by atoms with van der Waals surface area (Å²) in [5.74, 6) is -0.801. The molecule has 0 fully saturated rings. The molecule has 9 heteroatoms. The van der Waals surface area contributed by atoms with Gasteiger partial charge >= 0.3 is 10.1 Å². The van der Waals surface area contributed by atoms with Crippen molar-refractivity contribution in [3.05, 3.63) is 115 Å². The van der Waals surface area contributed by atoms with Crippen LogP contribution in [0.15, 0.2) is 109 Å². The second-order valence-electron chi connectivity index (χ2n) is 13.8. The Morgan fingerprint density at radius 1 is 0.778 bits per heavy atom. The van der Waals surface area contributed by atoms with Crippen LogP contribution in [0.3, 0.4) is 0 Å². The minimum Gasteiger partial charge on any atom is -0.377 e. The summed E-state index contributed by atoms with van der Waals surface area (Å²) in [6.07, 6.45) is 1.90. The number of hydrogen-bond donors (Lipinski definition) is 0. The highest BCUT2D eigenvalue weighted by molar-refractivity contribution is 9.11. The standard InChI is InChI=1S/C36H35Br2NO5S/c1-35(2)17-27-32(29(40)19-35)31(25-15-23(37)16-26(38)34(25)44-45(42,43)24-13-9-6-10-14-24)33-28(18-36(3,4)20-30(33)41)39(27)21-22-11-7-5-8-12-22/h5-16,31H,17-21H2,1-4H3. The quantitative estimate of drug-likeness (QED) is 0.234. The molecule has 6 nitrogen and oxygen atoms in total. The first kappa shape index (κ1) is 32.0. The van der Waals surface area contributed by atoms with E-state index in [0.717, 1.165) is 17.0 Å². The van der Waals surface area contributed by atoms with E-state index in [-0.39, 0.29) is 33.0 Å². The molecule has 0 spiro atoms. The molecule has 3 aliphatic rings. The van der Waals surface area contributed by atoms with Crippen molar-refractivity contribution in [1.29, 1.82) is 0 Å². The smallest absolute Gasteiger partial charge is 0.339 e. The van der Waals surface area contributed by atoms with Crippen LogP contribution in [0, 0.1) is 10.8 Å². The van der Waals surface area contributed by atoms with Crippen molar-refractivity contribution in [2.75, 3.05) is 0 Å². The van der Waals surface area contributed by atoms with E-state index in [4.69, 9.17) is 4.18 Å². The molecule has 0 amide bonds. The van der Waals surface area contributed by atoms with E-state index in [1.807, 2.05) is 18.2 Å². The van der Waals surface area contributed by atoms with Gasteiger partial charge in [-0.05, 0) is 69.4 Å². The number of ketones is 2. The van der Waals surface area contributed by atoms with Crippen LogP contribution in [0.4, 0.5) is 0 Å². The molecule has 0 atom stereocenters. The fourth-order valence-electron chi connectivity index (χ4n) is 6.94. The van der Waals surface area contributed by atoms with Gasteiger partial charge < -0.3 is 9.08 Å². The predicted octanol–water partition coefficient (Wildman–Crippen LogP) is 8.87. The number of nitrogens with zero attached hydrogens (tertiary/aromatic N) is 1. The lowest BCUT2D eigenvalue weighted by molar-refractivity contribution is -0.119. The number of carbonyl (C=O) groups is 2. The van der Waals surface area contributed by atoms with Crippen LogP contribution in [-0.2, 0) is 26.3 Å². The van der Waals surface area contributed by atoms with Gasteiger partial charge in [0.05, 0.1) is 4.47 Å². The molecule has 3 aromatic rings. The van der Waals surface area contributed by atoms with E-state index in [1.165, 1.54) is 12.1 Å². The fourth-order valence-corrected chi connectivity index (χ4v) is 9.38. The van der Waals surface area contributed by atoms with Gasteiger partial charge in [-0.3, -0.25) is 9.59 Å². The zero-order valence-electron chi connectivity index (χ0n) is 25.7. The lowest BCUT2D eigenvalue weighted by Gasteiger charge is -2.49. The molecule has 0 bridgehead atoms. The SMILES string of the molecule is CC1(C)CC(=O)C2=C(C1)N(Cc1ccccc1)C1=C(C(=O)CC(C)(C)C1)C2c1cc(Br)cc(Br)c1OS(=O)(=O)c1ccccc1. The maximum atomic E-state index is 14.3. The van der Waals surface area contributed by atoms with Crippen molar-refractivity contribution < 1.29 is 22.2 Å². The first-order valence-electron chi connectivity index (χ1n) is 15.0. The van der Waals surface area contributed by atoms with E-state index in [2.05, 4.69) is 76.6 Å². The predicted molar refractivity (Wildman–Crippen MR) is 181 cm³/mol. The molecule has 2 aliphatic carbocycles. The van der Waals surface area contributed by atoms with Gasteiger partial charge in [-0.1, -0.05) is 92.2 Å². The second kappa shape index (κ2) is 11.7. The third-order valence-electron chi connectivity index (χ3n) is 8.78. The summed E-state index contributed by atoms with van der Waals surface area (Å²) in [6.45, 7) is 8.91. The molecule has 0 saturated carbocycles. The minimum atomic E-state index is -4.24. The number of benzene rings is 3. The summed E-state index contributed by atoms with van der Waals surface area (Å²) < 4.78 is 34.1. The number of hydrogen-bond acceptors (Lipinski definition) is 6. The second-order valence-corrected chi connectivity index (χ2v) is 17.1. The Morgan fingerprint density at radius 3 is 1.82 bits per heavy atom. The van der Waals surface area contributed by atoms with E-state index < -0.39 is 16.0 Å². The molecule has 0 unspecified atom stereocenters. The molecule has 0 radical (unpaired) electrons. The third kappa shape index (κ3) is 6.23. The highest BCUT2D eigenvalue weighted by atomic mass is 79.9. The van der Waals surface area contributed by atoms with E-state index in [9.17, 15) is 18.0 Å². The van der Waals surface area contributed by atoms with Gasteiger partial charge in [0.2, 0.25) is 0 Å². The molecule has 234 valence electrons. The number of carbonyl (C=O) groups excluding carboxylic acids is 2. The zero-order valence-corrected chi connectivity index (χ0v) is 29.7. The zero-order chi connectivity index (χ0) is 32.3. The summed E-state index contributed by atoms with van der Waals surface area (Å²) in [5, 5.41) is 0. The maximum absolute atomic E-state index is 14.3. The fraction of sp³-hybridized carbons (Fsp3) is 0.333. The first-order valence-corrected chi connectivity index (χ1v) is 18.0. The van der Waals surface area contributed by atoms with Crippen LogP contribution in [0.1, 0.15) is 70.4 Å². The van der Waals surface area contributed by atoms with Gasteiger partial charge in [0.15, 0.2) is 17.3 Å². The Bertz CT molecular complexity index is 1820. The van der Waals surface area contributed by atoms with Crippen LogP contribution in [0.25, 0.3) is 0 Å². The lowest BCUT2D eigenvalue weighted by atomic mass is 9.63. The molecule has 0 aromatic heterocycles. The highest BCUT2D eigenvalue weighted by Crippen LogP contribution is 2.57. The summed E-state index contributed by atoms with van der Waals surface area (Å²) in [7, 11) is -4.24. The van der Waals surface area contributed by atoms with Gasteiger partial charge in [-0.15, -0.1) is 0 Å². The Labute approximate surface area is 281 Å².